The zero-order valence-corrected chi connectivity index (χ0v) is 17.3. The Balaban J connectivity index is 2.12. The van der Waals surface area contributed by atoms with Gasteiger partial charge in [-0.1, -0.05) is 0 Å². The Hall–Kier alpha value is -1.44. The van der Waals surface area contributed by atoms with Crippen LogP contribution in [-0.4, -0.2) is 32.1 Å². The Morgan fingerprint density at radius 1 is 1.36 bits per heavy atom. The Labute approximate surface area is 171 Å². The molecule has 28 heavy (non-hydrogen) atoms. The molecule has 0 bridgehead atoms. The van der Waals surface area contributed by atoms with Crippen molar-refractivity contribution >= 4 is 24.0 Å². The van der Waals surface area contributed by atoms with E-state index in [1.54, 1.807) is 0 Å². The van der Waals surface area contributed by atoms with E-state index in [-0.39, 0.29) is 12.4 Å². The molecule has 1 atom stereocenters. The summed E-state index contributed by atoms with van der Waals surface area (Å²) in [5.41, 5.74) is 7.21. The monoisotopic (exact) mass is 412 g/mol. The summed E-state index contributed by atoms with van der Waals surface area (Å²) in [5.74, 6) is -1.49. The highest BCUT2D eigenvalue weighted by Crippen LogP contribution is 2.32. The van der Waals surface area contributed by atoms with Crippen LogP contribution in [0.1, 0.15) is 51.0 Å². The first-order valence-corrected chi connectivity index (χ1v) is 10.4. The van der Waals surface area contributed by atoms with Gasteiger partial charge in [0.25, 0.3) is 0 Å². The number of thiol groups is 1. The van der Waals surface area contributed by atoms with Gasteiger partial charge in [0.2, 0.25) is 5.82 Å². The molecule has 1 fully saturated rings. The molecule has 1 aromatic carbocycles. The van der Waals surface area contributed by atoms with Crippen molar-refractivity contribution in [2.24, 2.45) is 16.6 Å². The van der Waals surface area contributed by atoms with Crippen molar-refractivity contribution in [2.75, 3.05) is 26.4 Å². The molecule has 0 aromatic heterocycles. The second-order valence-corrected chi connectivity index (χ2v) is 7.30. The first-order valence-electron chi connectivity index (χ1n) is 9.84. The smallest absolute Gasteiger partial charge is 0.201 e. The Morgan fingerprint density at radius 3 is 2.93 bits per heavy atom. The van der Waals surface area contributed by atoms with Gasteiger partial charge in [-0.3, -0.25) is 4.99 Å². The van der Waals surface area contributed by atoms with E-state index >= 15 is 0 Å². The molecule has 1 unspecified atom stereocenters. The van der Waals surface area contributed by atoms with Crippen LogP contribution in [0.15, 0.2) is 22.5 Å². The van der Waals surface area contributed by atoms with Gasteiger partial charge in [-0.05, 0) is 75.5 Å². The Bertz CT molecular complexity index is 687. The van der Waals surface area contributed by atoms with Gasteiger partial charge >= 0.3 is 0 Å². The summed E-state index contributed by atoms with van der Waals surface area (Å²) < 4.78 is 39.0. The quantitative estimate of drug-likeness (QED) is 0.342. The van der Waals surface area contributed by atoms with Crippen molar-refractivity contribution in [2.45, 2.75) is 45.4 Å². The highest BCUT2D eigenvalue weighted by Gasteiger charge is 2.18. The molecular weight excluding hydrogens is 382 g/mol. The number of nitrogens with zero attached hydrogens (tertiary/aromatic N) is 1. The number of hydrogen-bond acceptors (Lipinski definition) is 5. The second kappa shape index (κ2) is 12.2. The molecule has 1 aromatic rings. The Kier molecular flexibility index (Phi) is 9.95. The maximum Gasteiger partial charge on any atom is 0.201 e. The van der Waals surface area contributed by atoms with Crippen LogP contribution in [0.2, 0.25) is 0 Å². The molecule has 2 rings (SSSR count). The van der Waals surface area contributed by atoms with E-state index in [4.69, 9.17) is 15.2 Å². The maximum atomic E-state index is 14.3. The van der Waals surface area contributed by atoms with E-state index in [1.165, 1.54) is 17.9 Å². The summed E-state index contributed by atoms with van der Waals surface area (Å²) in [6.45, 7) is 4.22. The molecule has 1 saturated heterocycles. The van der Waals surface area contributed by atoms with Gasteiger partial charge in [-0.15, -0.1) is 12.6 Å². The van der Waals surface area contributed by atoms with Crippen LogP contribution >= 0.6 is 12.6 Å². The largest absolute Gasteiger partial charge is 0.490 e. The average molecular weight is 413 g/mol. The fraction of sp³-hybridized carbons (Fsp3) is 0.571. The predicted molar refractivity (Wildman–Crippen MR) is 113 cm³/mol. The zero-order valence-electron chi connectivity index (χ0n) is 16.4. The number of benzene rings is 1. The first kappa shape index (κ1) is 22.8. The highest BCUT2D eigenvalue weighted by atomic mass is 32.1. The third-order valence-corrected chi connectivity index (χ3v) is 5.08. The van der Waals surface area contributed by atoms with Gasteiger partial charge in [0.15, 0.2) is 11.6 Å². The van der Waals surface area contributed by atoms with Crippen LogP contribution < -0.4 is 10.5 Å². The summed E-state index contributed by atoms with van der Waals surface area (Å²) in [6, 6.07) is 2.55. The minimum atomic E-state index is -1.02. The van der Waals surface area contributed by atoms with Crippen molar-refractivity contribution in [1.82, 2.24) is 0 Å². The molecule has 1 aliphatic heterocycles. The van der Waals surface area contributed by atoms with Crippen LogP contribution in [0.5, 0.6) is 5.75 Å². The molecule has 0 radical (unpaired) electrons. The van der Waals surface area contributed by atoms with E-state index in [9.17, 15) is 8.78 Å². The lowest BCUT2D eigenvalue weighted by molar-refractivity contribution is 0.141. The number of halogens is 2. The van der Waals surface area contributed by atoms with Gasteiger partial charge < -0.3 is 15.2 Å². The molecule has 4 nitrogen and oxygen atoms in total. The average Bonchev–Trinajstić information content (AvgIpc) is 2.97. The molecule has 1 aliphatic rings. The van der Waals surface area contributed by atoms with Gasteiger partial charge in [0.1, 0.15) is 0 Å². The zero-order chi connectivity index (χ0) is 20.4. The molecule has 0 spiro atoms. The fourth-order valence-corrected chi connectivity index (χ4v) is 3.42. The summed E-state index contributed by atoms with van der Waals surface area (Å²) >= 11 is 4.22. The summed E-state index contributed by atoms with van der Waals surface area (Å²) in [4.78, 5) is 4.61. The fourth-order valence-electron chi connectivity index (χ4n) is 3.22. The van der Waals surface area contributed by atoms with Gasteiger partial charge in [-0.25, -0.2) is 4.39 Å². The molecule has 0 amide bonds. The third-order valence-electron chi connectivity index (χ3n) is 4.84. The van der Waals surface area contributed by atoms with E-state index in [1.807, 2.05) is 6.92 Å². The predicted octanol–water partition coefficient (Wildman–Crippen LogP) is 4.98. The lowest BCUT2D eigenvalue weighted by atomic mass is 9.94. The topological polar surface area (TPSA) is 56.8 Å². The molecular formula is C21H30F2N2O2S. The van der Waals surface area contributed by atoms with E-state index in [0.717, 1.165) is 50.7 Å². The summed E-state index contributed by atoms with van der Waals surface area (Å²) in [6.07, 6.45) is 5.76. The van der Waals surface area contributed by atoms with Gasteiger partial charge in [-0.2, -0.15) is 4.39 Å². The first-order chi connectivity index (χ1) is 13.6. The minimum absolute atomic E-state index is 0.147. The number of rotatable bonds is 9. The van der Waals surface area contributed by atoms with Gasteiger partial charge in [0.05, 0.1) is 12.3 Å². The van der Waals surface area contributed by atoms with Crippen molar-refractivity contribution in [1.29, 1.82) is 0 Å². The Morgan fingerprint density at radius 2 is 2.18 bits per heavy atom. The molecule has 2 N–H and O–H groups in total. The molecule has 0 aliphatic carbocycles. The van der Waals surface area contributed by atoms with Crippen molar-refractivity contribution in [3.63, 3.8) is 0 Å². The lowest BCUT2D eigenvalue weighted by Crippen LogP contribution is -2.09. The van der Waals surface area contributed by atoms with Crippen LogP contribution in [-0.2, 0) is 4.74 Å². The van der Waals surface area contributed by atoms with Crippen LogP contribution in [0.3, 0.4) is 0 Å². The standard InChI is InChI=1S/C21H30F2N2O2S/c1-15(5-6-16-4-2-11-26-13-9-16)25-19(14-28)17-7-8-18(22)20(23)21(17)27-12-3-10-24/h7-8,14,16,28H,2-6,9-13,24H2,1H3/b19-14-,25-15+. The highest BCUT2D eigenvalue weighted by molar-refractivity contribution is 7.83. The number of ether oxygens (including phenoxy) is 2. The maximum absolute atomic E-state index is 14.3. The van der Waals surface area contributed by atoms with Crippen LogP contribution in [0, 0.1) is 17.6 Å². The van der Waals surface area contributed by atoms with Crippen LogP contribution in [0.4, 0.5) is 8.78 Å². The normalized spacial score (nSPS) is 18.8. The van der Waals surface area contributed by atoms with Crippen molar-refractivity contribution in [3.05, 3.63) is 34.7 Å². The molecule has 0 saturated carbocycles. The van der Waals surface area contributed by atoms with Gasteiger partial charge in [0, 0.05) is 24.5 Å². The SMILES string of the molecule is C/C(CCC1CCCOCC1)=N\C(=C/S)c1ccc(F)c(F)c1OCCCN. The number of aliphatic imine (C=N–C) groups is 1. The molecule has 156 valence electrons. The number of hydrogen-bond donors (Lipinski definition) is 2. The lowest BCUT2D eigenvalue weighted by Gasteiger charge is -2.15. The van der Waals surface area contributed by atoms with E-state index < -0.39 is 11.6 Å². The third kappa shape index (κ3) is 6.87. The van der Waals surface area contributed by atoms with Crippen LogP contribution in [0.25, 0.3) is 5.70 Å². The minimum Gasteiger partial charge on any atom is -0.490 e. The summed E-state index contributed by atoms with van der Waals surface area (Å²) in [5, 5.41) is 1.49. The molecule has 7 heteroatoms. The second-order valence-electron chi connectivity index (χ2n) is 7.04. The number of nitrogens with two attached hydrogens (primary N) is 1. The van der Waals surface area contributed by atoms with E-state index in [0.29, 0.717) is 30.1 Å². The van der Waals surface area contributed by atoms with Crippen molar-refractivity contribution < 1.29 is 18.3 Å². The summed E-state index contributed by atoms with van der Waals surface area (Å²) in [7, 11) is 0. The van der Waals surface area contributed by atoms with Crippen molar-refractivity contribution in [3.8, 4) is 5.75 Å². The molecule has 1 heterocycles. The van der Waals surface area contributed by atoms with E-state index in [2.05, 4.69) is 17.6 Å².